The molecule has 8 heteroatoms. The van der Waals surface area contributed by atoms with Gasteiger partial charge in [-0.3, -0.25) is 0 Å². The van der Waals surface area contributed by atoms with Crippen molar-refractivity contribution in [1.29, 1.82) is 0 Å². The van der Waals surface area contributed by atoms with Crippen LogP contribution in [0.4, 0.5) is 22.7 Å². The summed E-state index contributed by atoms with van der Waals surface area (Å²) in [5.41, 5.74) is 8.33. The van der Waals surface area contributed by atoms with Crippen LogP contribution in [-0.2, 0) is 0 Å². The van der Waals surface area contributed by atoms with Crippen molar-refractivity contribution < 1.29 is 0 Å². The van der Waals surface area contributed by atoms with Crippen LogP contribution in [0.1, 0.15) is 97.6 Å². The second-order valence-electron chi connectivity index (χ2n) is 16.0. The highest BCUT2D eigenvalue weighted by Gasteiger charge is 2.33. The number of amidine groups is 3. The lowest BCUT2D eigenvalue weighted by Gasteiger charge is -2.31. The number of hydrogen-bond acceptors (Lipinski definition) is 8. The number of nitrogens with zero attached hydrogens (tertiary/aromatic N) is 6. The van der Waals surface area contributed by atoms with Crippen LogP contribution in [0.15, 0.2) is 80.3 Å². The molecule has 2 aromatic rings. The Morgan fingerprint density at radius 1 is 0.625 bits per heavy atom. The lowest BCUT2D eigenvalue weighted by molar-refractivity contribution is 0.577. The summed E-state index contributed by atoms with van der Waals surface area (Å²) in [4.78, 5) is 25.9. The number of aliphatic imine (C=N–C) groups is 4. The normalized spacial score (nSPS) is 21.3. The lowest BCUT2D eigenvalue weighted by Crippen LogP contribution is -2.32. The van der Waals surface area contributed by atoms with Crippen LogP contribution in [0.25, 0.3) is 0 Å². The maximum Gasteiger partial charge on any atom is 0.163 e. The molecule has 0 spiro atoms. The molecule has 0 saturated carbocycles. The summed E-state index contributed by atoms with van der Waals surface area (Å²) in [5.74, 6) is 2.12. The fraction of sp³-hybridized carbons (Fsp3) is 0.500. The summed E-state index contributed by atoms with van der Waals surface area (Å²) in [5, 5.41) is 7.57. The van der Waals surface area contributed by atoms with E-state index in [-0.39, 0.29) is 17.0 Å². The standard InChI is InChI=1S/C40H52N8/c1-39(2,3)45-34-25-28(47-20-9-7-10-21-47)16-18-30(34)36-41-27-14-13-15-33-32(24-27)38(43-36)44-37(42-33)31-19-17-29(48-22-11-8-12-23-48)26-35(31)46-40(4,5)6/h13-19,25-26,32,45-46H,7-12,20-24H2,1-6H3. The van der Waals surface area contributed by atoms with E-state index in [1.165, 1.54) is 49.9 Å². The van der Waals surface area contributed by atoms with Gasteiger partial charge < -0.3 is 20.4 Å². The van der Waals surface area contributed by atoms with Gasteiger partial charge in [-0.05, 0) is 129 Å². The highest BCUT2D eigenvalue weighted by Crippen LogP contribution is 2.35. The molecular weight excluding hydrogens is 592 g/mol. The molecule has 8 nitrogen and oxygen atoms in total. The molecule has 0 amide bonds. The fourth-order valence-corrected chi connectivity index (χ4v) is 7.29. The van der Waals surface area contributed by atoms with E-state index in [1.54, 1.807) is 0 Å². The smallest absolute Gasteiger partial charge is 0.163 e. The van der Waals surface area contributed by atoms with Crippen molar-refractivity contribution in [3.05, 3.63) is 71.5 Å². The molecule has 2 N–H and O–H groups in total. The Balaban J connectivity index is 1.31. The van der Waals surface area contributed by atoms with Crippen LogP contribution in [0.5, 0.6) is 0 Å². The van der Waals surface area contributed by atoms with Crippen LogP contribution in [0.3, 0.4) is 0 Å². The molecule has 1 unspecified atom stereocenters. The van der Waals surface area contributed by atoms with Gasteiger partial charge in [-0.1, -0.05) is 6.08 Å². The maximum absolute atomic E-state index is 5.30. The number of hydrogen-bond donors (Lipinski definition) is 2. The Kier molecular flexibility index (Phi) is 8.77. The number of allylic oxidation sites excluding steroid dienone is 4. The topological polar surface area (TPSA) is 80.0 Å². The molecule has 7 rings (SSSR count). The lowest BCUT2D eigenvalue weighted by atomic mass is 9.95. The van der Waals surface area contributed by atoms with Gasteiger partial charge in [-0.2, -0.15) is 0 Å². The summed E-state index contributed by atoms with van der Waals surface area (Å²) in [6.45, 7) is 17.6. The summed E-state index contributed by atoms with van der Waals surface area (Å²) >= 11 is 0. The highest BCUT2D eigenvalue weighted by molar-refractivity contribution is 6.28. The van der Waals surface area contributed by atoms with Crippen LogP contribution in [0.2, 0.25) is 0 Å². The van der Waals surface area contributed by atoms with E-state index in [2.05, 4.69) is 117 Å². The van der Waals surface area contributed by atoms with Crippen molar-refractivity contribution in [3.63, 3.8) is 0 Å². The third kappa shape index (κ3) is 7.27. The van der Waals surface area contributed by atoms with Gasteiger partial charge in [-0.25, -0.2) is 20.0 Å². The second-order valence-corrected chi connectivity index (χ2v) is 16.0. The molecule has 2 fully saturated rings. The van der Waals surface area contributed by atoms with Crippen molar-refractivity contribution in [3.8, 4) is 0 Å². The fourth-order valence-electron chi connectivity index (χ4n) is 7.29. The number of rotatable bonds is 6. The minimum Gasteiger partial charge on any atom is -0.380 e. The van der Waals surface area contributed by atoms with E-state index in [0.717, 1.165) is 72.3 Å². The highest BCUT2D eigenvalue weighted by atomic mass is 15.1. The Labute approximate surface area is 286 Å². The monoisotopic (exact) mass is 644 g/mol. The predicted molar refractivity (Wildman–Crippen MR) is 205 cm³/mol. The molecule has 2 bridgehead atoms. The third-order valence-corrected chi connectivity index (χ3v) is 9.51. The molecule has 1 aliphatic carbocycles. The Hall–Kier alpha value is -4.20. The van der Waals surface area contributed by atoms with Crippen molar-refractivity contribution in [2.45, 2.75) is 97.6 Å². The SMILES string of the molecule is CC(C)(C)Nc1cc(N2CCCCC2)ccc1C1=NC2=CC=CC3=NC(c4ccc(N5CCCCC5)cc4NC(C)(C)C)=NC(=N1)C3C2. The first-order chi connectivity index (χ1) is 23.0. The molecule has 0 radical (unpaired) electrons. The summed E-state index contributed by atoms with van der Waals surface area (Å²) in [6.07, 6.45) is 14.6. The van der Waals surface area contributed by atoms with Crippen molar-refractivity contribution in [2.75, 3.05) is 46.6 Å². The predicted octanol–water partition coefficient (Wildman–Crippen LogP) is 8.61. The number of fused-ring (bicyclic) bond motifs is 1. The van der Waals surface area contributed by atoms with Crippen LogP contribution in [-0.4, -0.2) is 60.5 Å². The number of anilines is 4. The molecular formula is C40H52N8. The van der Waals surface area contributed by atoms with E-state index in [1.807, 2.05) is 0 Å². The van der Waals surface area contributed by atoms with E-state index in [0.29, 0.717) is 11.7 Å². The Morgan fingerprint density at radius 3 is 1.67 bits per heavy atom. The van der Waals surface area contributed by atoms with Crippen LogP contribution >= 0.6 is 0 Å². The summed E-state index contributed by atoms with van der Waals surface area (Å²) in [6, 6.07) is 13.5. The van der Waals surface area contributed by atoms with E-state index < -0.39 is 0 Å². The molecule has 48 heavy (non-hydrogen) atoms. The third-order valence-electron chi connectivity index (χ3n) is 9.51. The van der Waals surface area contributed by atoms with Gasteiger partial charge in [0.25, 0.3) is 0 Å². The molecule has 1 atom stereocenters. The van der Waals surface area contributed by atoms with Crippen LogP contribution in [0, 0.1) is 5.92 Å². The zero-order valence-electron chi connectivity index (χ0n) is 29.7. The van der Waals surface area contributed by atoms with E-state index in [4.69, 9.17) is 20.0 Å². The van der Waals surface area contributed by atoms with Crippen molar-refractivity contribution >= 4 is 46.0 Å². The number of piperidine rings is 2. The average molecular weight is 645 g/mol. The Bertz CT molecular complexity index is 1730. The number of benzene rings is 2. The molecule has 4 aliphatic heterocycles. The van der Waals surface area contributed by atoms with Gasteiger partial charge in [0.15, 0.2) is 11.7 Å². The molecule has 2 saturated heterocycles. The number of nitrogens with one attached hydrogen (secondary N) is 2. The molecule has 2 aromatic carbocycles. The van der Waals surface area contributed by atoms with E-state index in [9.17, 15) is 0 Å². The zero-order chi connectivity index (χ0) is 33.5. The largest absolute Gasteiger partial charge is 0.380 e. The first-order valence-electron chi connectivity index (χ1n) is 18.1. The maximum atomic E-state index is 5.30. The Morgan fingerprint density at radius 2 is 1.15 bits per heavy atom. The van der Waals surface area contributed by atoms with Crippen LogP contribution < -0.4 is 20.4 Å². The van der Waals surface area contributed by atoms with Gasteiger partial charge in [0.1, 0.15) is 5.84 Å². The quantitative estimate of drug-likeness (QED) is 0.330. The minimum absolute atomic E-state index is 0.0432. The first-order valence-corrected chi connectivity index (χ1v) is 18.1. The zero-order valence-corrected chi connectivity index (χ0v) is 29.7. The molecule has 5 aliphatic rings. The molecule has 4 heterocycles. The van der Waals surface area contributed by atoms with Gasteiger partial charge in [-0.15, -0.1) is 0 Å². The van der Waals surface area contributed by atoms with Gasteiger partial charge in [0.2, 0.25) is 0 Å². The molecule has 0 aromatic heterocycles. The van der Waals surface area contributed by atoms with Gasteiger partial charge in [0.05, 0.1) is 11.6 Å². The first kappa shape index (κ1) is 32.4. The van der Waals surface area contributed by atoms with E-state index >= 15 is 0 Å². The summed E-state index contributed by atoms with van der Waals surface area (Å²) in [7, 11) is 0. The molecule has 252 valence electrons. The summed E-state index contributed by atoms with van der Waals surface area (Å²) < 4.78 is 0. The van der Waals surface area contributed by atoms with Crippen molar-refractivity contribution in [1.82, 2.24) is 0 Å². The van der Waals surface area contributed by atoms with Gasteiger partial charge in [0, 0.05) is 83.3 Å². The second kappa shape index (κ2) is 13.0. The minimum atomic E-state index is -0.129. The average Bonchev–Trinajstić information content (AvgIpc) is 3.37. The van der Waals surface area contributed by atoms with Gasteiger partial charge >= 0.3 is 0 Å². The van der Waals surface area contributed by atoms with Crippen molar-refractivity contribution in [2.24, 2.45) is 25.9 Å².